The van der Waals surface area contributed by atoms with E-state index in [9.17, 15) is 18.4 Å². The lowest BCUT2D eigenvalue weighted by Gasteiger charge is -2.08. The first-order chi connectivity index (χ1) is 9.58. The maximum Gasteiger partial charge on any atom is 0.323 e. The van der Waals surface area contributed by atoms with Gasteiger partial charge in [-0.3, -0.25) is 4.79 Å². The van der Waals surface area contributed by atoms with Gasteiger partial charge in [0.05, 0.1) is 5.69 Å². The predicted octanol–water partition coefficient (Wildman–Crippen LogP) is 3.42. The molecule has 102 valence electrons. The molecule has 0 aliphatic rings. The highest BCUT2D eigenvalue weighted by atomic mass is 19.1. The Morgan fingerprint density at radius 2 is 1.70 bits per heavy atom. The molecule has 0 bridgehead atoms. The van der Waals surface area contributed by atoms with Crippen LogP contribution in [-0.4, -0.2) is 12.3 Å². The van der Waals surface area contributed by atoms with Crippen molar-refractivity contribution >= 4 is 23.7 Å². The quantitative estimate of drug-likeness (QED) is 0.844. The summed E-state index contributed by atoms with van der Waals surface area (Å²) in [5, 5.41) is 4.71. The standard InChI is InChI=1S/C14H10F2N2O2/c15-10-3-6-13(12(16)7-10)18-14(20)17-11-4-1-9(8-19)2-5-11/h1-8H,(H2,17,18,20). The molecular weight excluding hydrogens is 266 g/mol. The van der Waals surface area contributed by atoms with Crippen molar-refractivity contribution in [3.63, 3.8) is 0 Å². The molecule has 0 aliphatic carbocycles. The van der Waals surface area contributed by atoms with Gasteiger partial charge in [-0.15, -0.1) is 0 Å². The molecule has 0 heterocycles. The van der Waals surface area contributed by atoms with Gasteiger partial charge >= 0.3 is 6.03 Å². The predicted molar refractivity (Wildman–Crippen MR) is 70.8 cm³/mol. The molecular formula is C14H10F2N2O2. The van der Waals surface area contributed by atoms with Gasteiger partial charge in [-0.1, -0.05) is 0 Å². The monoisotopic (exact) mass is 276 g/mol. The number of halogens is 2. The van der Waals surface area contributed by atoms with Crippen molar-refractivity contribution in [2.24, 2.45) is 0 Å². The molecule has 20 heavy (non-hydrogen) atoms. The maximum absolute atomic E-state index is 13.3. The number of benzene rings is 2. The third kappa shape index (κ3) is 3.38. The third-order valence-corrected chi connectivity index (χ3v) is 2.48. The Morgan fingerprint density at radius 3 is 2.30 bits per heavy atom. The Kier molecular flexibility index (Phi) is 4.05. The van der Waals surface area contributed by atoms with E-state index in [1.54, 1.807) is 0 Å². The van der Waals surface area contributed by atoms with E-state index in [0.29, 0.717) is 23.6 Å². The number of anilines is 2. The first-order valence-corrected chi connectivity index (χ1v) is 5.67. The Labute approximate surface area is 113 Å². The van der Waals surface area contributed by atoms with Crippen molar-refractivity contribution in [2.45, 2.75) is 0 Å². The molecule has 0 radical (unpaired) electrons. The summed E-state index contributed by atoms with van der Waals surface area (Å²) in [5.74, 6) is -1.59. The molecule has 0 fully saturated rings. The van der Waals surface area contributed by atoms with Crippen LogP contribution in [0.15, 0.2) is 42.5 Å². The highest BCUT2D eigenvalue weighted by molar-refractivity contribution is 5.99. The van der Waals surface area contributed by atoms with E-state index in [0.717, 1.165) is 12.1 Å². The number of hydrogen-bond acceptors (Lipinski definition) is 2. The van der Waals surface area contributed by atoms with Crippen LogP contribution >= 0.6 is 0 Å². The van der Waals surface area contributed by atoms with Gasteiger partial charge in [0.25, 0.3) is 0 Å². The molecule has 2 N–H and O–H groups in total. The Hall–Kier alpha value is -2.76. The average Bonchev–Trinajstić information content (AvgIpc) is 2.43. The van der Waals surface area contributed by atoms with Gasteiger partial charge in [-0.25, -0.2) is 13.6 Å². The fourth-order valence-electron chi connectivity index (χ4n) is 1.52. The van der Waals surface area contributed by atoms with Crippen LogP contribution in [0.4, 0.5) is 25.0 Å². The third-order valence-electron chi connectivity index (χ3n) is 2.48. The first-order valence-electron chi connectivity index (χ1n) is 5.67. The zero-order chi connectivity index (χ0) is 14.5. The van der Waals surface area contributed by atoms with Crippen molar-refractivity contribution < 1.29 is 18.4 Å². The number of hydrogen-bond donors (Lipinski definition) is 2. The van der Waals surface area contributed by atoms with Crippen LogP contribution in [0.2, 0.25) is 0 Å². The summed E-state index contributed by atoms with van der Waals surface area (Å²) in [6, 6.07) is 8.29. The summed E-state index contributed by atoms with van der Waals surface area (Å²) in [6.07, 6.45) is 0.678. The zero-order valence-corrected chi connectivity index (χ0v) is 10.2. The second-order valence-electron chi connectivity index (χ2n) is 3.94. The number of rotatable bonds is 3. The molecule has 0 saturated carbocycles. The molecule has 2 aromatic rings. The van der Waals surface area contributed by atoms with Gasteiger partial charge in [-0.05, 0) is 36.4 Å². The highest BCUT2D eigenvalue weighted by Crippen LogP contribution is 2.15. The summed E-state index contributed by atoms with van der Waals surface area (Å²) in [6.45, 7) is 0. The van der Waals surface area contributed by atoms with Crippen molar-refractivity contribution in [3.05, 3.63) is 59.7 Å². The normalized spacial score (nSPS) is 9.90. The summed E-state index contributed by atoms with van der Waals surface area (Å²) >= 11 is 0. The van der Waals surface area contributed by atoms with Crippen molar-refractivity contribution in [1.29, 1.82) is 0 Å². The lowest BCUT2D eigenvalue weighted by molar-refractivity contribution is 0.112. The Bertz CT molecular complexity index is 642. The second kappa shape index (κ2) is 5.92. The number of aldehydes is 1. The lowest BCUT2D eigenvalue weighted by atomic mass is 10.2. The van der Waals surface area contributed by atoms with Crippen LogP contribution in [0.5, 0.6) is 0 Å². The molecule has 4 nitrogen and oxygen atoms in total. The Balaban J connectivity index is 2.02. The lowest BCUT2D eigenvalue weighted by Crippen LogP contribution is -2.20. The number of carbonyl (C=O) groups is 2. The van der Waals surface area contributed by atoms with Crippen LogP contribution < -0.4 is 10.6 Å². The SMILES string of the molecule is O=Cc1ccc(NC(=O)Nc2ccc(F)cc2F)cc1. The van der Waals surface area contributed by atoms with Gasteiger partial charge in [-0.2, -0.15) is 0 Å². The zero-order valence-electron chi connectivity index (χ0n) is 10.2. The molecule has 6 heteroatoms. The van der Waals surface area contributed by atoms with Crippen LogP contribution in [0.3, 0.4) is 0 Å². The maximum atomic E-state index is 13.3. The Morgan fingerprint density at radius 1 is 1.00 bits per heavy atom. The summed E-state index contributed by atoms with van der Waals surface area (Å²) < 4.78 is 26.0. The van der Waals surface area contributed by atoms with Crippen LogP contribution in [0.25, 0.3) is 0 Å². The van der Waals surface area contributed by atoms with E-state index in [1.807, 2.05) is 0 Å². The molecule has 0 saturated heterocycles. The van der Waals surface area contributed by atoms with E-state index in [-0.39, 0.29) is 5.69 Å². The number of amides is 2. The van der Waals surface area contributed by atoms with Crippen LogP contribution in [0.1, 0.15) is 10.4 Å². The largest absolute Gasteiger partial charge is 0.323 e. The van der Waals surface area contributed by atoms with E-state index >= 15 is 0 Å². The van der Waals surface area contributed by atoms with E-state index in [4.69, 9.17) is 0 Å². The minimum Gasteiger partial charge on any atom is -0.308 e. The second-order valence-corrected chi connectivity index (χ2v) is 3.94. The van der Waals surface area contributed by atoms with E-state index in [2.05, 4.69) is 10.6 Å². The molecule has 0 aromatic heterocycles. The topological polar surface area (TPSA) is 58.2 Å². The number of nitrogens with one attached hydrogen (secondary N) is 2. The summed E-state index contributed by atoms with van der Waals surface area (Å²) in [4.78, 5) is 22.1. The molecule has 0 unspecified atom stereocenters. The average molecular weight is 276 g/mol. The van der Waals surface area contributed by atoms with E-state index in [1.165, 1.54) is 24.3 Å². The van der Waals surface area contributed by atoms with Crippen molar-refractivity contribution in [2.75, 3.05) is 10.6 Å². The van der Waals surface area contributed by atoms with Gasteiger partial charge in [0.1, 0.15) is 17.9 Å². The van der Waals surface area contributed by atoms with Gasteiger partial charge < -0.3 is 10.6 Å². The van der Waals surface area contributed by atoms with Crippen molar-refractivity contribution in [1.82, 2.24) is 0 Å². The minimum atomic E-state index is -0.864. The number of carbonyl (C=O) groups excluding carboxylic acids is 2. The van der Waals surface area contributed by atoms with Crippen molar-refractivity contribution in [3.8, 4) is 0 Å². The fraction of sp³-hybridized carbons (Fsp3) is 0. The molecule has 2 amide bonds. The molecule has 0 atom stereocenters. The molecule has 2 aromatic carbocycles. The fourth-order valence-corrected chi connectivity index (χ4v) is 1.52. The van der Waals surface area contributed by atoms with Crippen LogP contribution in [-0.2, 0) is 0 Å². The highest BCUT2D eigenvalue weighted by Gasteiger charge is 2.08. The molecule has 0 spiro atoms. The first kappa shape index (κ1) is 13.7. The van der Waals surface area contributed by atoms with Gasteiger partial charge in [0, 0.05) is 17.3 Å². The number of urea groups is 1. The summed E-state index contributed by atoms with van der Waals surface area (Å²) in [5.41, 5.74) is 0.782. The van der Waals surface area contributed by atoms with E-state index < -0.39 is 17.7 Å². The summed E-state index contributed by atoms with van der Waals surface area (Å²) in [7, 11) is 0. The van der Waals surface area contributed by atoms with Gasteiger partial charge in [0.15, 0.2) is 0 Å². The molecule has 2 rings (SSSR count). The molecule has 0 aliphatic heterocycles. The smallest absolute Gasteiger partial charge is 0.308 e. The minimum absolute atomic E-state index is 0.131. The van der Waals surface area contributed by atoms with Gasteiger partial charge in [0.2, 0.25) is 0 Å². The van der Waals surface area contributed by atoms with Crippen LogP contribution in [0, 0.1) is 11.6 Å².